The molecule has 0 fully saturated rings. The van der Waals surface area contributed by atoms with Gasteiger partial charge in [0.15, 0.2) is 0 Å². The molecule has 0 aliphatic heterocycles. The van der Waals surface area contributed by atoms with E-state index >= 15 is 0 Å². The highest BCUT2D eigenvalue weighted by atomic mass is 16.5. The average molecular weight is 525 g/mol. The van der Waals surface area contributed by atoms with E-state index in [1.165, 1.54) is 83.5 Å². The predicted octanol–water partition coefficient (Wildman–Crippen LogP) is 10.2. The van der Waals surface area contributed by atoms with Crippen molar-refractivity contribution in [3.05, 3.63) is 0 Å². The summed E-state index contributed by atoms with van der Waals surface area (Å²) in [5.74, 6) is 1.16. The number of hydrogen-bond acceptors (Lipinski definition) is 4. The van der Waals surface area contributed by atoms with Crippen LogP contribution in [0.4, 0.5) is 0 Å². The Hall–Kier alpha value is -1.06. The maximum Gasteiger partial charge on any atom is 0.308 e. The van der Waals surface area contributed by atoms with Gasteiger partial charge in [-0.25, -0.2) is 0 Å². The maximum atomic E-state index is 12.5. The third-order valence-corrected chi connectivity index (χ3v) is 8.04. The fourth-order valence-corrected chi connectivity index (χ4v) is 4.96. The molecule has 0 spiro atoms. The highest BCUT2D eigenvalue weighted by Gasteiger charge is 2.19. The van der Waals surface area contributed by atoms with E-state index in [-0.39, 0.29) is 17.9 Å². The van der Waals surface area contributed by atoms with E-state index in [1.807, 2.05) is 0 Å². The monoisotopic (exact) mass is 524 g/mol. The summed E-state index contributed by atoms with van der Waals surface area (Å²) in [4.78, 5) is 24.4. The Kier molecular flexibility index (Phi) is 25.8. The van der Waals surface area contributed by atoms with Gasteiger partial charge < -0.3 is 9.47 Å². The van der Waals surface area contributed by atoms with Crippen LogP contribution in [-0.2, 0) is 19.1 Å². The average Bonchev–Trinajstić information content (AvgIpc) is 2.91. The molecule has 220 valence electrons. The zero-order chi connectivity index (χ0) is 27.6. The Morgan fingerprint density at radius 1 is 0.514 bits per heavy atom. The third-order valence-electron chi connectivity index (χ3n) is 8.04. The quantitative estimate of drug-likeness (QED) is 0.0792. The van der Waals surface area contributed by atoms with Gasteiger partial charge in [0.25, 0.3) is 0 Å². The van der Waals surface area contributed by atoms with Gasteiger partial charge in [-0.05, 0) is 43.9 Å². The molecule has 3 unspecified atom stereocenters. The Balaban J connectivity index is 3.64. The van der Waals surface area contributed by atoms with Crippen molar-refractivity contribution in [2.24, 2.45) is 17.8 Å². The van der Waals surface area contributed by atoms with Crippen LogP contribution >= 0.6 is 0 Å². The number of carbonyl (C=O) groups excluding carboxylic acids is 2. The molecule has 0 N–H and O–H groups in total. The molecule has 4 nitrogen and oxygen atoms in total. The Bertz CT molecular complexity index is 518. The van der Waals surface area contributed by atoms with Gasteiger partial charge in [0.1, 0.15) is 0 Å². The van der Waals surface area contributed by atoms with Crippen molar-refractivity contribution in [2.45, 2.75) is 169 Å². The van der Waals surface area contributed by atoms with Crippen molar-refractivity contribution in [3.63, 3.8) is 0 Å². The fraction of sp³-hybridized carbons (Fsp3) is 0.939. The lowest BCUT2D eigenvalue weighted by Crippen LogP contribution is -2.21. The van der Waals surface area contributed by atoms with Crippen molar-refractivity contribution < 1.29 is 19.1 Å². The molecule has 0 amide bonds. The highest BCUT2D eigenvalue weighted by molar-refractivity contribution is 5.72. The van der Waals surface area contributed by atoms with E-state index < -0.39 is 0 Å². The first-order valence-corrected chi connectivity index (χ1v) is 16.3. The van der Waals surface area contributed by atoms with Gasteiger partial charge in [0, 0.05) is 6.42 Å². The summed E-state index contributed by atoms with van der Waals surface area (Å²) in [6, 6.07) is 0. The largest absolute Gasteiger partial charge is 0.465 e. The molecule has 0 aromatic heterocycles. The van der Waals surface area contributed by atoms with Crippen LogP contribution < -0.4 is 0 Å². The number of carbonyl (C=O) groups is 2. The highest BCUT2D eigenvalue weighted by Crippen LogP contribution is 2.20. The van der Waals surface area contributed by atoms with E-state index in [2.05, 4.69) is 34.6 Å². The first-order chi connectivity index (χ1) is 18.0. The molecule has 0 rings (SSSR count). The van der Waals surface area contributed by atoms with Gasteiger partial charge in [-0.2, -0.15) is 0 Å². The molecular formula is C33H64O4. The number of rotatable bonds is 27. The Morgan fingerprint density at radius 2 is 0.973 bits per heavy atom. The lowest BCUT2D eigenvalue weighted by Gasteiger charge is -2.18. The molecule has 0 saturated carbocycles. The fourth-order valence-electron chi connectivity index (χ4n) is 4.96. The summed E-state index contributed by atoms with van der Waals surface area (Å²) >= 11 is 0. The summed E-state index contributed by atoms with van der Waals surface area (Å²) < 4.78 is 11.2. The SMILES string of the molecule is CCCCC(CC)COC(=O)CCCCCCCCCCCCC(CC)C(=O)OCC(CC)CCCC. The standard InChI is InChI=1S/C33H64O4/c1-6-11-23-29(8-3)27-36-32(34)26-22-20-18-16-14-13-15-17-19-21-25-31(10-5)33(35)37-28-30(9-4)24-12-7-2/h29-31H,6-28H2,1-5H3. The van der Waals surface area contributed by atoms with E-state index in [0.717, 1.165) is 44.9 Å². The lowest BCUT2D eigenvalue weighted by molar-refractivity contribution is -0.150. The van der Waals surface area contributed by atoms with Crippen LogP contribution in [0.25, 0.3) is 0 Å². The predicted molar refractivity (Wildman–Crippen MR) is 158 cm³/mol. The van der Waals surface area contributed by atoms with Crippen LogP contribution in [-0.4, -0.2) is 25.2 Å². The number of ether oxygens (including phenoxy) is 2. The topological polar surface area (TPSA) is 52.6 Å². The molecule has 3 atom stereocenters. The van der Waals surface area contributed by atoms with Crippen molar-refractivity contribution in [3.8, 4) is 0 Å². The second-order valence-corrected chi connectivity index (χ2v) is 11.3. The smallest absolute Gasteiger partial charge is 0.308 e. The molecule has 4 heteroatoms. The molecule has 37 heavy (non-hydrogen) atoms. The summed E-state index contributed by atoms with van der Waals surface area (Å²) in [7, 11) is 0. The molecule has 0 aromatic rings. The van der Waals surface area contributed by atoms with Gasteiger partial charge in [-0.3, -0.25) is 9.59 Å². The van der Waals surface area contributed by atoms with Crippen LogP contribution in [0.1, 0.15) is 169 Å². The lowest BCUT2D eigenvalue weighted by atomic mass is 9.97. The zero-order valence-electron chi connectivity index (χ0n) is 25.6. The molecule has 0 bridgehead atoms. The first-order valence-electron chi connectivity index (χ1n) is 16.3. The Labute approximate surface area is 231 Å². The number of esters is 2. The van der Waals surface area contributed by atoms with Crippen molar-refractivity contribution >= 4 is 11.9 Å². The van der Waals surface area contributed by atoms with Crippen molar-refractivity contribution in [1.82, 2.24) is 0 Å². The Morgan fingerprint density at radius 3 is 1.43 bits per heavy atom. The molecule has 0 aromatic carbocycles. The van der Waals surface area contributed by atoms with Gasteiger partial charge in [-0.15, -0.1) is 0 Å². The van der Waals surface area contributed by atoms with Crippen LogP contribution in [0.3, 0.4) is 0 Å². The van der Waals surface area contributed by atoms with Crippen LogP contribution in [0.5, 0.6) is 0 Å². The number of hydrogen-bond donors (Lipinski definition) is 0. The zero-order valence-corrected chi connectivity index (χ0v) is 25.6. The van der Waals surface area contributed by atoms with E-state index in [9.17, 15) is 9.59 Å². The first kappa shape index (κ1) is 35.9. The normalized spacial score (nSPS) is 13.8. The number of unbranched alkanes of at least 4 members (excludes halogenated alkanes) is 11. The molecule has 0 aliphatic rings. The van der Waals surface area contributed by atoms with Gasteiger partial charge in [0.05, 0.1) is 19.1 Å². The summed E-state index contributed by atoms with van der Waals surface area (Å²) in [6.45, 7) is 12.1. The van der Waals surface area contributed by atoms with Crippen molar-refractivity contribution in [1.29, 1.82) is 0 Å². The molecule has 0 aliphatic carbocycles. The summed E-state index contributed by atoms with van der Waals surface area (Å²) in [6.07, 6.45) is 23.9. The van der Waals surface area contributed by atoms with E-state index in [1.54, 1.807) is 0 Å². The van der Waals surface area contributed by atoms with Gasteiger partial charge in [-0.1, -0.05) is 131 Å². The molecular weight excluding hydrogens is 460 g/mol. The molecule has 0 saturated heterocycles. The molecule has 0 heterocycles. The minimum Gasteiger partial charge on any atom is -0.465 e. The second-order valence-electron chi connectivity index (χ2n) is 11.3. The second kappa shape index (κ2) is 26.5. The van der Waals surface area contributed by atoms with Gasteiger partial charge in [0.2, 0.25) is 0 Å². The van der Waals surface area contributed by atoms with E-state index in [0.29, 0.717) is 31.5 Å². The van der Waals surface area contributed by atoms with Crippen LogP contribution in [0.2, 0.25) is 0 Å². The van der Waals surface area contributed by atoms with E-state index in [4.69, 9.17) is 9.47 Å². The summed E-state index contributed by atoms with van der Waals surface area (Å²) in [5.41, 5.74) is 0. The molecule has 0 radical (unpaired) electrons. The summed E-state index contributed by atoms with van der Waals surface area (Å²) in [5, 5.41) is 0. The van der Waals surface area contributed by atoms with Gasteiger partial charge >= 0.3 is 11.9 Å². The maximum absolute atomic E-state index is 12.5. The third kappa shape index (κ3) is 21.6. The van der Waals surface area contributed by atoms with Crippen LogP contribution in [0, 0.1) is 17.8 Å². The minimum absolute atomic E-state index is 0.00866. The minimum atomic E-state index is -0.00866. The van der Waals surface area contributed by atoms with Crippen molar-refractivity contribution in [2.75, 3.05) is 13.2 Å². The van der Waals surface area contributed by atoms with Crippen LogP contribution in [0.15, 0.2) is 0 Å².